The summed E-state index contributed by atoms with van der Waals surface area (Å²) in [5, 5.41) is 20.0. The van der Waals surface area contributed by atoms with E-state index >= 15 is 0 Å². The van der Waals surface area contributed by atoms with Gasteiger partial charge in [-0.2, -0.15) is 5.10 Å². The molecule has 0 saturated heterocycles. The summed E-state index contributed by atoms with van der Waals surface area (Å²) in [5.74, 6) is 1.91. The zero-order chi connectivity index (χ0) is 28.1. The Balaban J connectivity index is 1.29. The summed E-state index contributed by atoms with van der Waals surface area (Å²) < 4.78 is 12.4. The molecule has 206 valence electrons. The second kappa shape index (κ2) is 12.3. The molecule has 3 heterocycles. The van der Waals surface area contributed by atoms with Crippen molar-refractivity contribution in [2.75, 3.05) is 20.0 Å². The first-order chi connectivity index (χ1) is 19.5. The van der Waals surface area contributed by atoms with Crippen molar-refractivity contribution in [3.8, 4) is 11.5 Å². The van der Waals surface area contributed by atoms with Crippen molar-refractivity contribution in [2.24, 2.45) is 12.1 Å². The Morgan fingerprint density at radius 1 is 1.02 bits per heavy atom. The molecule has 1 N–H and O–H groups in total. The number of methoxy groups -OCH3 is 2. The normalized spacial score (nSPS) is 14.6. The summed E-state index contributed by atoms with van der Waals surface area (Å²) in [6, 6.07) is 18.7. The SMILES string of the molecule is COc1ccc(C2=NN(C(=O)CSc3nnc(CNC(=O)c4cccs4)n3C)[C@H](c3ccc(OC)cc3)C2)cc1. The molecule has 0 spiro atoms. The highest BCUT2D eigenvalue weighted by Crippen LogP contribution is 2.34. The Morgan fingerprint density at radius 2 is 1.73 bits per heavy atom. The number of amides is 2. The van der Waals surface area contributed by atoms with E-state index < -0.39 is 0 Å². The predicted molar refractivity (Wildman–Crippen MR) is 154 cm³/mol. The number of benzene rings is 2. The summed E-state index contributed by atoms with van der Waals surface area (Å²) in [7, 11) is 5.06. The van der Waals surface area contributed by atoms with Gasteiger partial charge in [-0.15, -0.1) is 21.5 Å². The van der Waals surface area contributed by atoms with Crippen molar-refractivity contribution in [3.63, 3.8) is 0 Å². The van der Waals surface area contributed by atoms with E-state index in [1.165, 1.54) is 23.1 Å². The van der Waals surface area contributed by atoms with Gasteiger partial charge >= 0.3 is 0 Å². The monoisotopic (exact) mass is 576 g/mol. The first-order valence-corrected chi connectivity index (χ1v) is 14.3. The van der Waals surface area contributed by atoms with Crippen LogP contribution in [0.15, 0.2) is 76.3 Å². The van der Waals surface area contributed by atoms with E-state index in [2.05, 4.69) is 15.5 Å². The van der Waals surface area contributed by atoms with E-state index in [4.69, 9.17) is 14.6 Å². The molecule has 2 aromatic carbocycles. The molecule has 2 amide bonds. The van der Waals surface area contributed by atoms with Crippen molar-refractivity contribution in [1.82, 2.24) is 25.1 Å². The molecule has 5 rings (SSSR count). The highest BCUT2D eigenvalue weighted by molar-refractivity contribution is 7.99. The number of thioether (sulfide) groups is 1. The third-order valence-corrected chi connectivity index (χ3v) is 8.37. The third kappa shape index (κ3) is 6.02. The fourth-order valence-corrected chi connectivity index (χ4v) is 5.68. The van der Waals surface area contributed by atoms with Crippen LogP contribution in [0.25, 0.3) is 0 Å². The fraction of sp³-hybridized carbons (Fsp3) is 0.250. The molecule has 1 aliphatic rings. The highest BCUT2D eigenvalue weighted by Gasteiger charge is 2.33. The lowest BCUT2D eigenvalue weighted by atomic mass is 9.98. The maximum absolute atomic E-state index is 13.5. The third-order valence-electron chi connectivity index (χ3n) is 6.49. The molecule has 0 saturated carbocycles. The Morgan fingerprint density at radius 3 is 2.38 bits per heavy atom. The Bertz CT molecular complexity index is 1500. The van der Waals surface area contributed by atoms with Gasteiger partial charge in [-0.1, -0.05) is 30.0 Å². The lowest BCUT2D eigenvalue weighted by Crippen LogP contribution is -2.28. The minimum Gasteiger partial charge on any atom is -0.497 e. The van der Waals surface area contributed by atoms with Crippen LogP contribution in [-0.2, 0) is 18.4 Å². The van der Waals surface area contributed by atoms with Crippen molar-refractivity contribution < 1.29 is 19.1 Å². The second-order valence-electron chi connectivity index (χ2n) is 8.91. The summed E-state index contributed by atoms with van der Waals surface area (Å²) in [6.07, 6.45) is 0.576. The number of hydrazone groups is 1. The van der Waals surface area contributed by atoms with Gasteiger partial charge in [0, 0.05) is 13.5 Å². The minimum absolute atomic E-state index is 0.125. The van der Waals surface area contributed by atoms with Crippen LogP contribution in [0.3, 0.4) is 0 Å². The summed E-state index contributed by atoms with van der Waals surface area (Å²) >= 11 is 2.66. The molecule has 4 aromatic rings. The van der Waals surface area contributed by atoms with Crippen LogP contribution in [0.5, 0.6) is 11.5 Å². The number of nitrogens with one attached hydrogen (secondary N) is 1. The number of carbonyl (C=O) groups is 2. The van der Waals surface area contributed by atoms with Crippen molar-refractivity contribution in [3.05, 3.63) is 87.9 Å². The van der Waals surface area contributed by atoms with Crippen molar-refractivity contribution in [1.29, 1.82) is 0 Å². The van der Waals surface area contributed by atoms with E-state index in [0.717, 1.165) is 28.3 Å². The summed E-state index contributed by atoms with van der Waals surface area (Å²) in [6.45, 7) is 0.232. The largest absolute Gasteiger partial charge is 0.497 e. The van der Waals surface area contributed by atoms with E-state index in [1.54, 1.807) is 29.9 Å². The molecule has 1 aliphatic heterocycles. The first kappa shape index (κ1) is 27.4. The van der Waals surface area contributed by atoms with Gasteiger partial charge in [-0.25, -0.2) is 5.01 Å². The highest BCUT2D eigenvalue weighted by atomic mass is 32.2. The quantitative estimate of drug-likeness (QED) is 0.280. The van der Waals surface area contributed by atoms with E-state index in [-0.39, 0.29) is 30.2 Å². The molecule has 1 atom stereocenters. The zero-order valence-electron chi connectivity index (χ0n) is 22.2. The van der Waals surface area contributed by atoms with Gasteiger partial charge in [0.15, 0.2) is 11.0 Å². The van der Waals surface area contributed by atoms with Crippen LogP contribution in [0.1, 0.15) is 39.1 Å². The van der Waals surface area contributed by atoms with Crippen molar-refractivity contribution in [2.45, 2.75) is 24.2 Å². The number of hydrogen-bond acceptors (Lipinski definition) is 9. The molecule has 10 nitrogen and oxygen atoms in total. The predicted octanol–water partition coefficient (Wildman–Crippen LogP) is 4.29. The van der Waals surface area contributed by atoms with Crippen LogP contribution in [0.2, 0.25) is 0 Å². The van der Waals surface area contributed by atoms with Crippen LogP contribution in [-0.4, -0.2) is 57.3 Å². The van der Waals surface area contributed by atoms with E-state index in [9.17, 15) is 9.59 Å². The Labute approximate surface area is 240 Å². The first-order valence-electron chi connectivity index (χ1n) is 12.5. The standard InChI is InChI=1S/C28H28N6O4S2/c1-33-25(16-29-27(36)24-5-4-14-39-24)30-31-28(33)40-17-26(35)34-23(19-8-12-21(38-3)13-9-19)15-22(32-34)18-6-10-20(37-2)11-7-18/h4-14,23H,15-17H2,1-3H3,(H,29,36)/t23-/m0/s1. The molecule has 0 fully saturated rings. The minimum atomic E-state index is -0.251. The Kier molecular flexibility index (Phi) is 8.46. The van der Waals surface area contributed by atoms with Gasteiger partial charge in [-0.05, 0) is 59.0 Å². The molecular formula is C28H28N6O4S2. The molecule has 40 heavy (non-hydrogen) atoms. The maximum atomic E-state index is 13.5. The second-order valence-corrected chi connectivity index (χ2v) is 10.8. The smallest absolute Gasteiger partial charge is 0.261 e. The van der Waals surface area contributed by atoms with Crippen LogP contribution in [0, 0.1) is 0 Å². The van der Waals surface area contributed by atoms with Gasteiger partial charge < -0.3 is 19.4 Å². The summed E-state index contributed by atoms with van der Waals surface area (Å²) in [5.41, 5.74) is 2.72. The lowest BCUT2D eigenvalue weighted by Gasteiger charge is -2.22. The van der Waals surface area contributed by atoms with Gasteiger partial charge in [0.1, 0.15) is 11.5 Å². The molecular weight excluding hydrogens is 548 g/mol. The lowest BCUT2D eigenvalue weighted by molar-refractivity contribution is -0.130. The van der Waals surface area contributed by atoms with Crippen LogP contribution in [0.4, 0.5) is 0 Å². The molecule has 0 unspecified atom stereocenters. The molecule has 0 radical (unpaired) electrons. The fourth-order valence-electron chi connectivity index (χ4n) is 4.26. The van der Waals surface area contributed by atoms with Gasteiger partial charge in [-0.3, -0.25) is 9.59 Å². The summed E-state index contributed by atoms with van der Waals surface area (Å²) in [4.78, 5) is 26.4. The molecule has 0 bridgehead atoms. The number of rotatable bonds is 10. The maximum Gasteiger partial charge on any atom is 0.261 e. The van der Waals surface area contributed by atoms with Crippen molar-refractivity contribution >= 4 is 40.6 Å². The molecule has 12 heteroatoms. The van der Waals surface area contributed by atoms with Gasteiger partial charge in [0.2, 0.25) is 0 Å². The molecule has 2 aromatic heterocycles. The number of carbonyl (C=O) groups excluding carboxylic acids is 2. The average Bonchev–Trinajstić information content (AvgIpc) is 3.76. The van der Waals surface area contributed by atoms with E-state index in [0.29, 0.717) is 22.3 Å². The zero-order valence-corrected chi connectivity index (χ0v) is 23.9. The van der Waals surface area contributed by atoms with Gasteiger partial charge in [0.25, 0.3) is 11.8 Å². The van der Waals surface area contributed by atoms with Crippen LogP contribution >= 0.6 is 23.1 Å². The number of hydrogen-bond donors (Lipinski definition) is 1. The van der Waals surface area contributed by atoms with Crippen LogP contribution < -0.4 is 14.8 Å². The van der Waals surface area contributed by atoms with E-state index in [1.807, 2.05) is 67.0 Å². The number of thiophene rings is 1. The number of aromatic nitrogens is 3. The number of ether oxygens (including phenoxy) is 2. The number of nitrogens with zero attached hydrogens (tertiary/aromatic N) is 5. The Hall–Kier alpha value is -4.16. The molecule has 0 aliphatic carbocycles. The topological polar surface area (TPSA) is 111 Å². The van der Waals surface area contributed by atoms with Gasteiger partial charge in [0.05, 0.1) is 43.1 Å². The average molecular weight is 577 g/mol.